The minimum Gasteiger partial charge on any atom is -0.497 e. The molecule has 0 saturated heterocycles. The number of hydrogen-bond donors (Lipinski definition) is 1. The molecule has 36 heavy (non-hydrogen) atoms. The fraction of sp³-hybridized carbons (Fsp3) is 0.481. The normalized spacial score (nSPS) is 12.7. The highest BCUT2D eigenvalue weighted by atomic mass is 32.2. The van der Waals surface area contributed by atoms with Crippen LogP contribution in [0.5, 0.6) is 5.75 Å². The Balaban J connectivity index is 2.39. The second kappa shape index (κ2) is 11.8. The molecule has 0 bridgehead atoms. The molecule has 0 saturated carbocycles. The van der Waals surface area contributed by atoms with E-state index >= 15 is 0 Å². The number of hydrogen-bond acceptors (Lipinski definition) is 5. The van der Waals surface area contributed by atoms with Crippen LogP contribution in [-0.2, 0) is 31.6 Å². The van der Waals surface area contributed by atoms with Gasteiger partial charge in [-0.15, -0.1) is 0 Å². The number of anilines is 1. The number of ether oxygens (including phenoxy) is 1. The number of rotatable bonds is 10. The Morgan fingerprint density at radius 3 is 1.97 bits per heavy atom. The zero-order chi connectivity index (χ0) is 27.3. The van der Waals surface area contributed by atoms with Gasteiger partial charge in [-0.3, -0.25) is 13.9 Å². The van der Waals surface area contributed by atoms with Gasteiger partial charge in [0.1, 0.15) is 18.3 Å². The summed E-state index contributed by atoms with van der Waals surface area (Å²) in [5.74, 6) is -0.126. The Morgan fingerprint density at radius 1 is 0.972 bits per heavy atom. The van der Waals surface area contributed by atoms with Gasteiger partial charge in [-0.25, -0.2) is 8.42 Å². The molecule has 0 heterocycles. The van der Waals surface area contributed by atoms with Crippen molar-refractivity contribution in [3.8, 4) is 5.75 Å². The van der Waals surface area contributed by atoms with Crippen molar-refractivity contribution in [1.29, 1.82) is 0 Å². The molecule has 0 spiro atoms. The molecule has 0 radical (unpaired) electrons. The maximum atomic E-state index is 13.6. The second-order valence-electron chi connectivity index (χ2n) is 10.3. The molecule has 2 aromatic rings. The third kappa shape index (κ3) is 7.98. The van der Waals surface area contributed by atoms with Gasteiger partial charge < -0.3 is 15.0 Å². The molecule has 1 atom stereocenters. The summed E-state index contributed by atoms with van der Waals surface area (Å²) >= 11 is 0. The van der Waals surface area contributed by atoms with Gasteiger partial charge in [0.2, 0.25) is 21.8 Å². The van der Waals surface area contributed by atoms with Crippen molar-refractivity contribution in [1.82, 2.24) is 10.2 Å². The molecule has 198 valence electrons. The van der Waals surface area contributed by atoms with Gasteiger partial charge in [0.15, 0.2) is 0 Å². The van der Waals surface area contributed by atoms with E-state index in [2.05, 4.69) is 26.1 Å². The van der Waals surface area contributed by atoms with Crippen LogP contribution in [0.15, 0.2) is 48.5 Å². The van der Waals surface area contributed by atoms with E-state index in [-0.39, 0.29) is 23.9 Å². The molecule has 2 aromatic carbocycles. The van der Waals surface area contributed by atoms with E-state index in [1.165, 1.54) is 4.90 Å². The van der Waals surface area contributed by atoms with Crippen molar-refractivity contribution in [3.05, 3.63) is 59.7 Å². The number of sulfonamides is 1. The summed E-state index contributed by atoms with van der Waals surface area (Å²) < 4.78 is 31.7. The lowest BCUT2D eigenvalue weighted by atomic mass is 9.87. The maximum Gasteiger partial charge on any atom is 0.244 e. The number of nitrogens with zero attached hydrogens (tertiary/aromatic N) is 2. The molecule has 0 fully saturated rings. The first-order valence-electron chi connectivity index (χ1n) is 11.9. The molecule has 0 aliphatic heterocycles. The van der Waals surface area contributed by atoms with Gasteiger partial charge >= 0.3 is 0 Å². The van der Waals surface area contributed by atoms with Crippen molar-refractivity contribution < 1.29 is 22.7 Å². The van der Waals surface area contributed by atoms with Crippen LogP contribution < -0.4 is 14.4 Å². The Hall–Kier alpha value is -3.07. The molecule has 0 aliphatic rings. The van der Waals surface area contributed by atoms with Gasteiger partial charge in [-0.05, 0) is 61.6 Å². The highest BCUT2D eigenvalue weighted by molar-refractivity contribution is 7.92. The predicted octanol–water partition coefficient (Wildman–Crippen LogP) is 3.70. The monoisotopic (exact) mass is 517 g/mol. The van der Waals surface area contributed by atoms with Gasteiger partial charge in [0.05, 0.1) is 19.1 Å². The van der Waals surface area contributed by atoms with Crippen LogP contribution in [0.3, 0.4) is 0 Å². The van der Waals surface area contributed by atoms with Crippen molar-refractivity contribution in [3.63, 3.8) is 0 Å². The van der Waals surface area contributed by atoms with E-state index < -0.39 is 28.5 Å². The van der Waals surface area contributed by atoms with Gasteiger partial charge in [-0.2, -0.15) is 0 Å². The lowest BCUT2D eigenvalue weighted by Gasteiger charge is -2.32. The largest absolute Gasteiger partial charge is 0.497 e. The zero-order valence-corrected chi connectivity index (χ0v) is 23.3. The van der Waals surface area contributed by atoms with E-state index in [0.29, 0.717) is 11.4 Å². The molecule has 8 nitrogen and oxygen atoms in total. The first-order valence-corrected chi connectivity index (χ1v) is 13.8. The lowest BCUT2D eigenvalue weighted by Crippen LogP contribution is -2.52. The van der Waals surface area contributed by atoms with Gasteiger partial charge in [-0.1, -0.05) is 45.0 Å². The minimum atomic E-state index is -3.77. The minimum absolute atomic E-state index is 0.0986. The van der Waals surface area contributed by atoms with Crippen LogP contribution >= 0.6 is 0 Å². The fourth-order valence-electron chi connectivity index (χ4n) is 3.66. The van der Waals surface area contributed by atoms with E-state index in [9.17, 15) is 18.0 Å². The van der Waals surface area contributed by atoms with Crippen LogP contribution in [0, 0.1) is 0 Å². The number of carbonyl (C=O) groups excluding carboxylic acids is 2. The predicted molar refractivity (Wildman–Crippen MR) is 144 cm³/mol. The Kier molecular flexibility index (Phi) is 9.54. The summed E-state index contributed by atoms with van der Waals surface area (Å²) in [5, 5.41) is 2.83. The molecule has 0 aliphatic carbocycles. The molecule has 2 amide bonds. The summed E-state index contributed by atoms with van der Waals surface area (Å²) in [6.45, 7) is 11.2. The standard InChI is InChI=1S/C27H39N3O5S/c1-19(2)28-26(32)20(3)29(17-21-9-15-24(35-7)16-10-21)25(31)18-30(36(8,33)34)23-13-11-22(12-14-23)27(4,5)6/h9-16,19-20H,17-18H2,1-8H3,(H,28,32)/t20-/m0/s1. The van der Waals surface area contributed by atoms with Crippen LogP contribution in [0.4, 0.5) is 5.69 Å². The Labute approximate surface area is 215 Å². The third-order valence-corrected chi connectivity index (χ3v) is 6.95. The zero-order valence-electron chi connectivity index (χ0n) is 22.5. The van der Waals surface area contributed by atoms with Gasteiger partial charge in [0.25, 0.3) is 0 Å². The fourth-order valence-corrected chi connectivity index (χ4v) is 4.51. The topological polar surface area (TPSA) is 96.0 Å². The molecule has 0 unspecified atom stereocenters. The molecule has 2 rings (SSSR count). The van der Waals surface area contributed by atoms with Crippen LogP contribution in [0.1, 0.15) is 52.7 Å². The molecular weight excluding hydrogens is 478 g/mol. The highest BCUT2D eigenvalue weighted by Crippen LogP contribution is 2.26. The molecule has 1 N–H and O–H groups in total. The molecule has 9 heteroatoms. The average molecular weight is 518 g/mol. The summed E-state index contributed by atoms with van der Waals surface area (Å²) in [7, 11) is -2.21. The Morgan fingerprint density at radius 2 is 1.53 bits per heavy atom. The van der Waals surface area contributed by atoms with E-state index in [1.54, 1.807) is 38.3 Å². The number of nitrogens with one attached hydrogen (secondary N) is 1. The summed E-state index contributed by atoms with van der Waals surface area (Å²) in [6, 6.07) is 13.4. The lowest BCUT2D eigenvalue weighted by molar-refractivity contribution is -0.139. The number of methoxy groups -OCH3 is 1. The summed E-state index contributed by atoms with van der Waals surface area (Å²) in [6.07, 6.45) is 1.07. The average Bonchev–Trinajstić information content (AvgIpc) is 2.79. The number of carbonyl (C=O) groups is 2. The van der Waals surface area contributed by atoms with Crippen molar-refractivity contribution in [2.45, 2.75) is 65.6 Å². The number of benzene rings is 2. The maximum absolute atomic E-state index is 13.6. The number of amides is 2. The quantitative estimate of drug-likeness (QED) is 0.518. The molecule has 0 aromatic heterocycles. The summed E-state index contributed by atoms with van der Waals surface area (Å²) in [5.41, 5.74) is 2.13. The highest BCUT2D eigenvalue weighted by Gasteiger charge is 2.30. The van der Waals surface area contributed by atoms with E-state index in [4.69, 9.17) is 4.74 Å². The van der Waals surface area contributed by atoms with Gasteiger partial charge in [0, 0.05) is 12.6 Å². The summed E-state index contributed by atoms with van der Waals surface area (Å²) in [4.78, 5) is 27.8. The van der Waals surface area contributed by atoms with Crippen LogP contribution in [0.2, 0.25) is 0 Å². The first kappa shape index (κ1) is 29.2. The van der Waals surface area contributed by atoms with Crippen molar-refractivity contribution >= 4 is 27.5 Å². The van der Waals surface area contributed by atoms with Crippen LogP contribution in [0.25, 0.3) is 0 Å². The smallest absolute Gasteiger partial charge is 0.244 e. The van der Waals surface area contributed by atoms with Crippen LogP contribution in [-0.4, -0.2) is 57.1 Å². The van der Waals surface area contributed by atoms with E-state index in [1.807, 2.05) is 38.1 Å². The third-order valence-electron chi connectivity index (χ3n) is 5.81. The first-order chi connectivity index (χ1) is 16.6. The van der Waals surface area contributed by atoms with Crippen molar-refractivity contribution in [2.75, 3.05) is 24.2 Å². The molecular formula is C27H39N3O5S. The second-order valence-corrected chi connectivity index (χ2v) is 12.2. The van der Waals surface area contributed by atoms with E-state index in [0.717, 1.165) is 21.7 Å². The van der Waals surface area contributed by atoms with Crippen molar-refractivity contribution in [2.24, 2.45) is 0 Å². The SMILES string of the molecule is COc1ccc(CN(C(=O)CN(c2ccc(C(C)(C)C)cc2)S(C)(=O)=O)[C@@H](C)C(=O)NC(C)C)cc1. The Bertz CT molecular complexity index is 1140.